The second-order valence-corrected chi connectivity index (χ2v) is 8.49. The van der Waals surface area contributed by atoms with Gasteiger partial charge in [-0.3, -0.25) is 0 Å². The smallest absolute Gasteiger partial charge is 0.253 e. The molecule has 4 rings (SSSR count). The highest BCUT2D eigenvalue weighted by Gasteiger charge is 2.29. The average Bonchev–Trinajstić information content (AvgIpc) is 3.06. The third-order valence-corrected chi connectivity index (χ3v) is 5.44. The van der Waals surface area contributed by atoms with Crippen LogP contribution >= 0.6 is 11.6 Å². The van der Waals surface area contributed by atoms with Crippen LogP contribution in [0.5, 0.6) is 5.75 Å². The van der Waals surface area contributed by atoms with Gasteiger partial charge in [0.25, 0.3) is 5.78 Å². The number of hydrogen-bond acceptors (Lipinski definition) is 5. The maximum absolute atomic E-state index is 14.9. The lowest BCUT2D eigenvalue weighted by Gasteiger charge is -2.21. The van der Waals surface area contributed by atoms with Crippen molar-refractivity contribution in [1.82, 2.24) is 24.5 Å². The first-order valence-electron chi connectivity index (χ1n) is 11.4. The van der Waals surface area contributed by atoms with Gasteiger partial charge < -0.3 is 9.64 Å². The monoisotopic (exact) mass is 481 g/mol. The highest BCUT2D eigenvalue weighted by Crippen LogP contribution is 2.42. The van der Waals surface area contributed by atoms with Gasteiger partial charge in [-0.05, 0) is 34.0 Å². The van der Waals surface area contributed by atoms with Crippen molar-refractivity contribution in [3.63, 3.8) is 0 Å². The summed E-state index contributed by atoms with van der Waals surface area (Å²) in [7, 11) is 7.36. The molecule has 0 amide bonds. The molecule has 1 aliphatic rings. The number of hydrogen-bond donors (Lipinski definition) is 0. The summed E-state index contributed by atoms with van der Waals surface area (Å²) in [6.45, 7) is 4.00. The number of ether oxygens (including phenoxy) is 1. The topological polar surface area (TPSA) is 55.5 Å². The third kappa shape index (κ3) is 6.60. The molecule has 0 atom stereocenters. The van der Waals surface area contributed by atoms with Gasteiger partial charge in [0.2, 0.25) is 0 Å². The zero-order valence-corrected chi connectivity index (χ0v) is 21.1. The lowest BCUT2D eigenvalue weighted by molar-refractivity contribution is 0.407. The predicted molar refractivity (Wildman–Crippen MR) is 129 cm³/mol. The van der Waals surface area contributed by atoms with Gasteiger partial charge in [0.1, 0.15) is 28.9 Å². The zero-order valence-electron chi connectivity index (χ0n) is 20.3. The number of aromatic nitrogens is 4. The molecule has 0 radical (unpaired) electrons. The first-order valence-corrected chi connectivity index (χ1v) is 11.7. The number of nitrogens with zero attached hydrogens (tertiary/aromatic N) is 5. The lowest BCUT2D eigenvalue weighted by Crippen LogP contribution is -2.12. The summed E-state index contributed by atoms with van der Waals surface area (Å²) in [6.07, 6.45) is 7.58. The van der Waals surface area contributed by atoms with Crippen LogP contribution in [0.4, 0.5) is 8.78 Å². The molecular weight excluding hydrogens is 448 g/mol. The third-order valence-electron chi connectivity index (χ3n) is 5.16. The van der Waals surface area contributed by atoms with Crippen LogP contribution < -0.4 is 4.74 Å². The number of halogens is 3. The molecule has 1 fully saturated rings. The molecule has 1 aliphatic carbocycles. The number of benzene rings is 1. The highest BCUT2D eigenvalue weighted by atomic mass is 35.5. The van der Waals surface area contributed by atoms with Crippen molar-refractivity contribution < 1.29 is 13.5 Å². The molecule has 33 heavy (non-hydrogen) atoms. The summed E-state index contributed by atoms with van der Waals surface area (Å²) in [6, 6.07) is 2.30. The Hall–Kier alpha value is -2.32. The Labute approximate surface area is 199 Å². The quantitative estimate of drug-likeness (QED) is 0.321. The van der Waals surface area contributed by atoms with Gasteiger partial charge in [0.05, 0.1) is 18.4 Å². The fourth-order valence-corrected chi connectivity index (χ4v) is 4.17. The van der Waals surface area contributed by atoms with Crippen LogP contribution in [0.3, 0.4) is 0 Å². The van der Waals surface area contributed by atoms with Crippen molar-refractivity contribution in [2.24, 2.45) is 0 Å². The van der Waals surface area contributed by atoms with Crippen LogP contribution in [-0.2, 0) is 0 Å². The molecule has 2 heterocycles. The first kappa shape index (κ1) is 26.9. The minimum Gasteiger partial charge on any atom is -0.497 e. The molecule has 6 nitrogen and oxygen atoms in total. The molecule has 0 bridgehead atoms. The van der Waals surface area contributed by atoms with Gasteiger partial charge >= 0.3 is 0 Å². The van der Waals surface area contributed by atoms with Gasteiger partial charge in [0, 0.05) is 23.6 Å². The number of fused-ring (bicyclic) bond motifs is 1. The van der Waals surface area contributed by atoms with E-state index < -0.39 is 11.6 Å². The molecule has 3 aromatic rings. The SMILES string of the molecule is CC.CN(C)C.COc1cc(F)c(-c2c(Cl)nc3ncnn3c2C2CCCCCC2)c(F)c1. The van der Waals surface area contributed by atoms with Gasteiger partial charge in [-0.15, -0.1) is 0 Å². The second kappa shape index (κ2) is 12.8. The summed E-state index contributed by atoms with van der Waals surface area (Å²) < 4.78 is 36.3. The summed E-state index contributed by atoms with van der Waals surface area (Å²) >= 11 is 6.42. The predicted octanol–water partition coefficient (Wildman–Crippen LogP) is 6.37. The van der Waals surface area contributed by atoms with Crippen LogP contribution in [0.2, 0.25) is 5.15 Å². The van der Waals surface area contributed by atoms with Crippen LogP contribution in [0.1, 0.15) is 64.0 Å². The Morgan fingerprint density at radius 3 is 2.06 bits per heavy atom. The van der Waals surface area contributed by atoms with E-state index in [2.05, 4.69) is 15.1 Å². The van der Waals surface area contributed by atoms with Crippen LogP contribution in [0.25, 0.3) is 16.9 Å². The van der Waals surface area contributed by atoms with Crippen molar-refractivity contribution in [2.75, 3.05) is 28.3 Å². The molecule has 0 unspecified atom stereocenters. The fraction of sp³-hybridized carbons (Fsp3) is 0.542. The number of rotatable bonds is 3. The summed E-state index contributed by atoms with van der Waals surface area (Å²) in [5.41, 5.74) is 0.719. The van der Waals surface area contributed by atoms with E-state index in [0.29, 0.717) is 11.5 Å². The van der Waals surface area contributed by atoms with E-state index >= 15 is 0 Å². The fourth-order valence-electron chi connectivity index (χ4n) is 3.90. The van der Waals surface area contributed by atoms with Crippen molar-refractivity contribution in [1.29, 1.82) is 0 Å². The van der Waals surface area contributed by atoms with Crippen LogP contribution in [0, 0.1) is 11.6 Å². The van der Waals surface area contributed by atoms with Crippen LogP contribution in [0.15, 0.2) is 18.5 Å². The summed E-state index contributed by atoms with van der Waals surface area (Å²) in [4.78, 5) is 10.3. The molecular formula is C24H34ClF2N5O. The maximum Gasteiger partial charge on any atom is 0.253 e. The van der Waals surface area contributed by atoms with Gasteiger partial charge in [-0.2, -0.15) is 15.1 Å². The van der Waals surface area contributed by atoms with Gasteiger partial charge in [0.15, 0.2) is 0 Å². The van der Waals surface area contributed by atoms with Crippen LogP contribution in [-0.4, -0.2) is 52.7 Å². The second-order valence-electron chi connectivity index (χ2n) is 8.13. The zero-order chi connectivity index (χ0) is 24.5. The molecule has 0 saturated heterocycles. The molecule has 182 valence electrons. The van der Waals surface area contributed by atoms with E-state index in [1.165, 1.54) is 13.4 Å². The molecule has 9 heteroatoms. The normalized spacial score (nSPS) is 14.2. The molecule has 1 aromatic carbocycles. The first-order chi connectivity index (χ1) is 15.8. The Morgan fingerprint density at radius 2 is 1.55 bits per heavy atom. The van der Waals surface area contributed by atoms with E-state index in [1.54, 1.807) is 4.52 Å². The van der Waals surface area contributed by atoms with Gasteiger partial charge in [-0.1, -0.05) is 51.1 Å². The highest BCUT2D eigenvalue weighted by molar-refractivity contribution is 6.32. The van der Waals surface area contributed by atoms with Crippen molar-refractivity contribution in [3.8, 4) is 16.9 Å². The minimum absolute atomic E-state index is 0.0257. The minimum atomic E-state index is -0.745. The largest absolute Gasteiger partial charge is 0.497 e. The Bertz CT molecular complexity index is 1010. The van der Waals surface area contributed by atoms with E-state index in [1.807, 2.05) is 39.9 Å². The van der Waals surface area contributed by atoms with E-state index in [4.69, 9.17) is 16.3 Å². The van der Waals surface area contributed by atoms with Crippen molar-refractivity contribution in [2.45, 2.75) is 58.3 Å². The maximum atomic E-state index is 14.9. The number of methoxy groups -OCH3 is 1. The lowest BCUT2D eigenvalue weighted by atomic mass is 9.90. The van der Waals surface area contributed by atoms with E-state index in [0.717, 1.165) is 50.7 Å². The molecule has 0 N–H and O–H groups in total. The Kier molecular flexibility index (Phi) is 10.4. The molecule has 2 aromatic heterocycles. The molecule has 0 spiro atoms. The van der Waals surface area contributed by atoms with E-state index in [9.17, 15) is 8.78 Å². The summed E-state index contributed by atoms with van der Waals surface area (Å²) in [5, 5.41) is 4.29. The van der Waals surface area contributed by atoms with Crippen molar-refractivity contribution in [3.05, 3.63) is 40.9 Å². The van der Waals surface area contributed by atoms with Crippen molar-refractivity contribution >= 4 is 17.4 Å². The Morgan fingerprint density at radius 1 is 1.00 bits per heavy atom. The van der Waals surface area contributed by atoms with E-state index in [-0.39, 0.29) is 27.9 Å². The standard InChI is InChI=1S/C19H19ClF2N4O.C3H9N.C2H6/c1-27-12-8-13(21)15(14(22)9-12)16-17(11-6-4-2-3-5-7-11)26-19(23-10-24-26)25-18(16)20;1-4(2)3;1-2/h8-11H,2-7H2,1H3;1-3H3;1-2H3. The average molecular weight is 482 g/mol. The Balaban J connectivity index is 0.000000582. The van der Waals surface area contributed by atoms with Gasteiger partial charge in [-0.25, -0.2) is 13.3 Å². The molecule has 1 saturated carbocycles. The summed E-state index contributed by atoms with van der Waals surface area (Å²) in [5.74, 6) is -0.976. The molecule has 0 aliphatic heterocycles.